The van der Waals surface area contributed by atoms with Gasteiger partial charge in [-0.15, -0.1) is 11.3 Å². The van der Waals surface area contributed by atoms with E-state index in [1.54, 1.807) is 16.2 Å². The minimum atomic E-state index is -0.221. The molecule has 1 N–H and O–H groups in total. The van der Waals surface area contributed by atoms with Gasteiger partial charge >= 0.3 is 0 Å². The fourth-order valence-corrected chi connectivity index (χ4v) is 3.69. The number of likely N-dealkylation sites (tertiary alicyclic amines) is 1. The maximum absolute atomic E-state index is 12.4. The zero-order valence-electron chi connectivity index (χ0n) is 13.7. The Hall–Kier alpha value is -1.40. The Kier molecular flexibility index (Phi) is 5.58. The van der Waals surface area contributed by atoms with Gasteiger partial charge in [0.25, 0.3) is 0 Å². The summed E-state index contributed by atoms with van der Waals surface area (Å²) in [7, 11) is 4.02. The van der Waals surface area contributed by atoms with Gasteiger partial charge in [-0.2, -0.15) is 0 Å². The van der Waals surface area contributed by atoms with Crippen LogP contribution >= 0.6 is 11.3 Å². The molecule has 2 atom stereocenters. The Bertz CT molecular complexity index is 513. The van der Waals surface area contributed by atoms with Gasteiger partial charge in [-0.3, -0.25) is 9.59 Å². The van der Waals surface area contributed by atoms with E-state index in [0.29, 0.717) is 19.5 Å². The molecule has 0 aromatic carbocycles. The molecular formula is C16H25N3O2S. The molecule has 0 aliphatic carbocycles. The number of rotatable bonds is 6. The smallest absolute Gasteiger partial charge is 0.225 e. The summed E-state index contributed by atoms with van der Waals surface area (Å²) >= 11 is 1.69. The topological polar surface area (TPSA) is 52.7 Å². The summed E-state index contributed by atoms with van der Waals surface area (Å²) < 4.78 is 0. The van der Waals surface area contributed by atoms with Gasteiger partial charge in [0.15, 0.2) is 0 Å². The van der Waals surface area contributed by atoms with Crippen LogP contribution in [0.2, 0.25) is 0 Å². The molecule has 0 unspecified atom stereocenters. The molecule has 1 fully saturated rings. The second kappa shape index (κ2) is 7.24. The number of amides is 2. The van der Waals surface area contributed by atoms with Crippen LogP contribution in [-0.2, 0) is 9.59 Å². The van der Waals surface area contributed by atoms with Gasteiger partial charge in [-0.1, -0.05) is 6.07 Å². The molecule has 5 nitrogen and oxygen atoms in total. The lowest BCUT2D eigenvalue weighted by Gasteiger charge is -2.24. The quantitative estimate of drug-likeness (QED) is 0.867. The highest BCUT2D eigenvalue weighted by Gasteiger charge is 2.35. The molecule has 1 aromatic rings. The van der Waals surface area contributed by atoms with Crippen LogP contribution in [0.15, 0.2) is 17.5 Å². The third kappa shape index (κ3) is 3.87. The number of hydrogen-bond donors (Lipinski definition) is 1. The number of thiophene rings is 1. The molecule has 0 bridgehead atoms. The predicted octanol–water partition coefficient (Wildman–Crippen LogP) is 1.72. The Labute approximate surface area is 136 Å². The highest BCUT2D eigenvalue weighted by molar-refractivity contribution is 7.10. The van der Waals surface area contributed by atoms with E-state index in [0.717, 1.165) is 0 Å². The summed E-state index contributed by atoms with van der Waals surface area (Å²) in [6, 6.07) is 4.43. The average Bonchev–Trinajstić information content (AvgIpc) is 3.07. The second-order valence-corrected chi connectivity index (χ2v) is 7.26. The molecule has 2 rings (SSSR count). The standard InChI is InChI=1S/C16H25N3O2S/c1-11(2)19-10-12(8-15(19)20)16(21)17-9-13(18(3)4)14-6-5-7-22-14/h5-7,11-13H,8-10H2,1-4H3,(H,17,21)/t12-,13+/m0/s1. The van der Waals surface area contributed by atoms with Crippen LogP contribution in [0, 0.1) is 5.92 Å². The summed E-state index contributed by atoms with van der Waals surface area (Å²) in [5.74, 6) is -0.154. The molecule has 2 heterocycles. The monoisotopic (exact) mass is 323 g/mol. The van der Waals surface area contributed by atoms with E-state index in [4.69, 9.17) is 0 Å². The van der Waals surface area contributed by atoms with Crippen molar-refractivity contribution < 1.29 is 9.59 Å². The number of nitrogens with one attached hydrogen (secondary N) is 1. The van der Waals surface area contributed by atoms with Crippen molar-refractivity contribution in [2.24, 2.45) is 5.92 Å². The van der Waals surface area contributed by atoms with Crippen molar-refractivity contribution in [2.75, 3.05) is 27.2 Å². The Balaban J connectivity index is 1.91. The van der Waals surface area contributed by atoms with E-state index in [2.05, 4.69) is 16.3 Å². The van der Waals surface area contributed by atoms with Crippen LogP contribution in [0.25, 0.3) is 0 Å². The van der Waals surface area contributed by atoms with Gasteiger partial charge in [0.2, 0.25) is 11.8 Å². The first kappa shape index (κ1) is 17.0. The SMILES string of the molecule is CC(C)N1C[C@@H](C(=O)NC[C@H](c2cccs2)N(C)C)CC1=O. The zero-order valence-corrected chi connectivity index (χ0v) is 14.5. The fourth-order valence-electron chi connectivity index (χ4n) is 2.77. The first-order valence-electron chi connectivity index (χ1n) is 7.67. The maximum Gasteiger partial charge on any atom is 0.225 e. The molecule has 122 valence electrons. The minimum Gasteiger partial charge on any atom is -0.354 e. The molecule has 0 saturated carbocycles. The van der Waals surface area contributed by atoms with Crippen molar-refractivity contribution >= 4 is 23.2 Å². The molecule has 6 heteroatoms. The molecule has 22 heavy (non-hydrogen) atoms. The molecule has 2 amide bonds. The van der Waals surface area contributed by atoms with Gasteiger partial charge in [0, 0.05) is 30.4 Å². The molecular weight excluding hydrogens is 298 g/mol. The summed E-state index contributed by atoms with van der Waals surface area (Å²) in [5.41, 5.74) is 0. The summed E-state index contributed by atoms with van der Waals surface area (Å²) in [6.45, 7) is 5.07. The fraction of sp³-hybridized carbons (Fsp3) is 0.625. The number of carbonyl (C=O) groups is 2. The van der Waals surface area contributed by atoms with Crippen LogP contribution in [0.4, 0.5) is 0 Å². The van der Waals surface area contributed by atoms with Gasteiger partial charge in [-0.05, 0) is 39.4 Å². The Morgan fingerprint density at radius 3 is 2.73 bits per heavy atom. The molecule has 0 radical (unpaired) electrons. The van der Waals surface area contributed by atoms with Crippen molar-refractivity contribution in [3.8, 4) is 0 Å². The third-order valence-electron chi connectivity index (χ3n) is 4.12. The Morgan fingerprint density at radius 1 is 1.50 bits per heavy atom. The first-order chi connectivity index (χ1) is 10.4. The maximum atomic E-state index is 12.4. The lowest BCUT2D eigenvalue weighted by Crippen LogP contribution is -2.39. The molecule has 0 spiro atoms. The van der Waals surface area contributed by atoms with Gasteiger partial charge in [-0.25, -0.2) is 0 Å². The van der Waals surface area contributed by atoms with Crippen molar-refractivity contribution in [2.45, 2.75) is 32.4 Å². The molecule has 1 aliphatic heterocycles. The first-order valence-corrected chi connectivity index (χ1v) is 8.55. The lowest BCUT2D eigenvalue weighted by molar-refractivity contribution is -0.130. The van der Waals surface area contributed by atoms with Crippen LogP contribution in [-0.4, -0.2) is 54.8 Å². The molecule has 1 aromatic heterocycles. The van der Waals surface area contributed by atoms with Gasteiger partial charge in [0.1, 0.15) is 0 Å². The summed E-state index contributed by atoms with van der Waals surface area (Å²) in [4.78, 5) is 29.4. The van der Waals surface area contributed by atoms with Gasteiger partial charge < -0.3 is 15.1 Å². The number of likely N-dealkylation sites (N-methyl/N-ethyl adjacent to an activating group) is 1. The largest absolute Gasteiger partial charge is 0.354 e. The second-order valence-electron chi connectivity index (χ2n) is 6.28. The van der Waals surface area contributed by atoms with Crippen molar-refractivity contribution in [3.05, 3.63) is 22.4 Å². The van der Waals surface area contributed by atoms with E-state index in [9.17, 15) is 9.59 Å². The minimum absolute atomic E-state index is 0.0140. The van der Waals surface area contributed by atoms with Gasteiger partial charge in [0.05, 0.1) is 12.0 Å². The van der Waals surface area contributed by atoms with E-state index < -0.39 is 0 Å². The van der Waals surface area contributed by atoms with Crippen LogP contribution < -0.4 is 5.32 Å². The van der Waals surface area contributed by atoms with Crippen molar-refractivity contribution in [1.29, 1.82) is 0 Å². The zero-order chi connectivity index (χ0) is 16.3. The number of nitrogens with zero attached hydrogens (tertiary/aromatic N) is 2. The van der Waals surface area contributed by atoms with Crippen LogP contribution in [0.3, 0.4) is 0 Å². The van der Waals surface area contributed by atoms with E-state index in [-0.39, 0.29) is 29.8 Å². The lowest BCUT2D eigenvalue weighted by atomic mass is 10.1. The van der Waals surface area contributed by atoms with Crippen molar-refractivity contribution in [3.63, 3.8) is 0 Å². The van der Waals surface area contributed by atoms with E-state index >= 15 is 0 Å². The molecule has 1 saturated heterocycles. The van der Waals surface area contributed by atoms with Crippen molar-refractivity contribution in [1.82, 2.24) is 15.1 Å². The summed E-state index contributed by atoms with van der Waals surface area (Å²) in [5, 5.41) is 5.07. The normalized spacial score (nSPS) is 20.0. The predicted molar refractivity (Wildman–Crippen MR) is 88.7 cm³/mol. The highest BCUT2D eigenvalue weighted by Crippen LogP contribution is 2.23. The molecule has 1 aliphatic rings. The highest BCUT2D eigenvalue weighted by atomic mass is 32.1. The van der Waals surface area contributed by atoms with Crippen LogP contribution in [0.1, 0.15) is 31.2 Å². The third-order valence-corrected chi connectivity index (χ3v) is 5.09. The van der Waals surface area contributed by atoms with E-state index in [1.165, 1.54) is 4.88 Å². The summed E-state index contributed by atoms with van der Waals surface area (Å²) in [6.07, 6.45) is 0.329. The Morgan fingerprint density at radius 2 is 2.23 bits per heavy atom. The average molecular weight is 323 g/mol. The number of carbonyl (C=O) groups excluding carboxylic acids is 2. The van der Waals surface area contributed by atoms with Crippen LogP contribution in [0.5, 0.6) is 0 Å². The number of hydrogen-bond acceptors (Lipinski definition) is 4. The van der Waals surface area contributed by atoms with E-state index in [1.807, 2.05) is 39.4 Å².